The molecule has 1 amide bonds. The van der Waals surface area contributed by atoms with Crippen molar-refractivity contribution in [2.75, 3.05) is 6.54 Å². The Morgan fingerprint density at radius 2 is 2.17 bits per heavy atom. The first-order valence-corrected chi connectivity index (χ1v) is 6.56. The maximum Gasteiger partial charge on any atom is 0.340 e. The molecule has 98 valence electrons. The Labute approximate surface area is 119 Å². The van der Waals surface area contributed by atoms with Crippen LogP contribution in [-0.2, 0) is 9.53 Å². The Balaban J connectivity index is 2.76. The lowest BCUT2D eigenvalue weighted by atomic mass is 10.2. The normalized spacial score (nSPS) is 11.8. The average molecular weight is 335 g/mol. The van der Waals surface area contributed by atoms with Gasteiger partial charge in [0, 0.05) is 11.0 Å². The molecule has 1 N–H and O–H groups in total. The number of halogens is 2. The number of esters is 1. The molecule has 0 saturated heterocycles. The molecule has 0 radical (unpaired) electrons. The monoisotopic (exact) mass is 333 g/mol. The Bertz CT molecular complexity index is 465. The van der Waals surface area contributed by atoms with Gasteiger partial charge in [0.05, 0.1) is 10.6 Å². The number of hydrogen-bond acceptors (Lipinski definition) is 3. The van der Waals surface area contributed by atoms with Gasteiger partial charge in [-0.15, -0.1) is 0 Å². The third-order valence-corrected chi connectivity index (χ3v) is 2.98. The van der Waals surface area contributed by atoms with Crippen molar-refractivity contribution in [1.29, 1.82) is 0 Å². The molecule has 4 nitrogen and oxygen atoms in total. The lowest BCUT2D eigenvalue weighted by molar-refractivity contribution is -0.128. The molecule has 0 aliphatic heterocycles. The van der Waals surface area contributed by atoms with Gasteiger partial charge in [-0.05, 0) is 32.0 Å². The van der Waals surface area contributed by atoms with E-state index in [4.69, 9.17) is 16.3 Å². The molecule has 6 heteroatoms. The number of carbonyl (C=O) groups is 2. The molecule has 0 saturated carbocycles. The predicted molar refractivity (Wildman–Crippen MR) is 72.7 cm³/mol. The van der Waals surface area contributed by atoms with E-state index in [1.165, 1.54) is 6.92 Å². The first kappa shape index (κ1) is 15.0. The van der Waals surface area contributed by atoms with E-state index in [-0.39, 0.29) is 16.5 Å². The Morgan fingerprint density at radius 1 is 1.50 bits per heavy atom. The fourth-order valence-electron chi connectivity index (χ4n) is 1.25. The molecule has 0 aliphatic carbocycles. The van der Waals surface area contributed by atoms with Crippen molar-refractivity contribution in [2.45, 2.75) is 20.0 Å². The molecule has 0 unspecified atom stereocenters. The molecular formula is C12H13BrClNO3. The van der Waals surface area contributed by atoms with Gasteiger partial charge in [-0.2, -0.15) is 0 Å². The van der Waals surface area contributed by atoms with E-state index < -0.39 is 12.1 Å². The second kappa shape index (κ2) is 6.75. The van der Waals surface area contributed by atoms with E-state index in [0.717, 1.165) is 0 Å². The predicted octanol–water partition coefficient (Wildman–Crippen LogP) is 2.78. The first-order chi connectivity index (χ1) is 8.45. The van der Waals surface area contributed by atoms with Crippen LogP contribution in [0.1, 0.15) is 24.2 Å². The maximum absolute atomic E-state index is 11.8. The van der Waals surface area contributed by atoms with Crippen molar-refractivity contribution in [2.24, 2.45) is 0 Å². The summed E-state index contributed by atoms with van der Waals surface area (Å²) in [6, 6.07) is 4.85. The second-order valence-corrected chi connectivity index (χ2v) is 4.89. The van der Waals surface area contributed by atoms with Gasteiger partial charge >= 0.3 is 5.97 Å². The van der Waals surface area contributed by atoms with Gasteiger partial charge in [0.1, 0.15) is 0 Å². The number of ether oxygens (including phenoxy) is 1. The molecule has 0 aromatic heterocycles. The summed E-state index contributed by atoms with van der Waals surface area (Å²) in [6.07, 6.45) is -0.854. The van der Waals surface area contributed by atoms with Gasteiger partial charge in [-0.25, -0.2) is 4.79 Å². The zero-order valence-electron chi connectivity index (χ0n) is 10.00. The summed E-state index contributed by atoms with van der Waals surface area (Å²) in [5.41, 5.74) is 0.224. The van der Waals surface area contributed by atoms with Crippen molar-refractivity contribution in [1.82, 2.24) is 5.32 Å². The van der Waals surface area contributed by atoms with Gasteiger partial charge in [-0.3, -0.25) is 4.79 Å². The minimum atomic E-state index is -0.854. The molecule has 1 aromatic carbocycles. The highest BCUT2D eigenvalue weighted by atomic mass is 79.9. The third-order valence-electron chi connectivity index (χ3n) is 2.15. The zero-order chi connectivity index (χ0) is 13.7. The van der Waals surface area contributed by atoms with Crippen molar-refractivity contribution in [3.8, 4) is 0 Å². The molecule has 18 heavy (non-hydrogen) atoms. The lowest BCUT2D eigenvalue weighted by Gasteiger charge is -2.13. The van der Waals surface area contributed by atoms with Crippen molar-refractivity contribution in [3.05, 3.63) is 33.3 Å². The van der Waals surface area contributed by atoms with Crippen LogP contribution < -0.4 is 5.32 Å². The minimum absolute atomic E-state index is 0.224. The van der Waals surface area contributed by atoms with Crippen LogP contribution in [0.5, 0.6) is 0 Å². The SMILES string of the molecule is CCNC(=O)[C@@H](C)OC(=O)c1cc(Br)ccc1Cl. The third kappa shape index (κ3) is 3.99. The van der Waals surface area contributed by atoms with Gasteiger partial charge in [0.2, 0.25) is 0 Å². The van der Waals surface area contributed by atoms with Crippen LogP contribution in [0.3, 0.4) is 0 Å². The summed E-state index contributed by atoms with van der Waals surface area (Å²) in [5, 5.41) is 2.85. The van der Waals surface area contributed by atoms with Crippen LogP contribution in [-0.4, -0.2) is 24.5 Å². The summed E-state index contributed by atoms with van der Waals surface area (Å²) in [4.78, 5) is 23.3. The standard InChI is InChI=1S/C12H13BrClNO3/c1-3-15-11(16)7(2)18-12(17)9-6-8(13)4-5-10(9)14/h4-7H,3H2,1-2H3,(H,15,16)/t7-/m1/s1. The highest BCUT2D eigenvalue weighted by Gasteiger charge is 2.20. The van der Waals surface area contributed by atoms with Crippen molar-refractivity contribution >= 4 is 39.4 Å². The smallest absolute Gasteiger partial charge is 0.340 e. The van der Waals surface area contributed by atoms with Gasteiger partial charge in [-0.1, -0.05) is 27.5 Å². The number of benzene rings is 1. The fraction of sp³-hybridized carbons (Fsp3) is 0.333. The maximum atomic E-state index is 11.8. The van der Waals surface area contributed by atoms with Crippen LogP contribution in [0.2, 0.25) is 5.02 Å². The van der Waals surface area contributed by atoms with E-state index in [1.807, 2.05) is 0 Å². The molecule has 0 heterocycles. The lowest BCUT2D eigenvalue weighted by Crippen LogP contribution is -2.35. The molecule has 1 rings (SSSR count). The summed E-state index contributed by atoms with van der Waals surface area (Å²) in [6.45, 7) is 3.78. The molecule has 0 spiro atoms. The average Bonchev–Trinajstić information content (AvgIpc) is 2.32. The Kier molecular flexibility index (Phi) is 5.62. The van der Waals surface area contributed by atoms with E-state index in [2.05, 4.69) is 21.2 Å². The number of hydrogen-bond donors (Lipinski definition) is 1. The van der Waals surface area contributed by atoms with Crippen molar-refractivity contribution < 1.29 is 14.3 Å². The summed E-state index contributed by atoms with van der Waals surface area (Å²) in [7, 11) is 0. The van der Waals surface area contributed by atoms with E-state index in [9.17, 15) is 9.59 Å². The minimum Gasteiger partial charge on any atom is -0.449 e. The Hall–Kier alpha value is -1.07. The van der Waals surface area contributed by atoms with E-state index in [0.29, 0.717) is 11.0 Å². The molecule has 0 bridgehead atoms. The quantitative estimate of drug-likeness (QED) is 0.862. The summed E-state index contributed by atoms with van der Waals surface area (Å²) in [5.74, 6) is -0.961. The number of carbonyl (C=O) groups excluding carboxylic acids is 2. The highest BCUT2D eigenvalue weighted by molar-refractivity contribution is 9.10. The summed E-state index contributed by atoms with van der Waals surface area (Å²) >= 11 is 9.13. The van der Waals surface area contributed by atoms with Gasteiger partial charge in [0.15, 0.2) is 6.10 Å². The zero-order valence-corrected chi connectivity index (χ0v) is 12.3. The number of likely N-dealkylation sites (N-methyl/N-ethyl adjacent to an activating group) is 1. The number of nitrogens with one attached hydrogen (secondary N) is 1. The Morgan fingerprint density at radius 3 is 2.78 bits per heavy atom. The summed E-state index contributed by atoms with van der Waals surface area (Å²) < 4.78 is 5.74. The fourth-order valence-corrected chi connectivity index (χ4v) is 1.81. The van der Waals surface area contributed by atoms with Crippen LogP contribution in [0.25, 0.3) is 0 Å². The number of rotatable bonds is 4. The van der Waals surface area contributed by atoms with Crippen LogP contribution >= 0.6 is 27.5 Å². The second-order valence-electron chi connectivity index (χ2n) is 3.57. The topological polar surface area (TPSA) is 55.4 Å². The molecule has 1 aromatic rings. The molecule has 0 aliphatic rings. The largest absolute Gasteiger partial charge is 0.449 e. The molecule has 1 atom stereocenters. The van der Waals surface area contributed by atoms with E-state index >= 15 is 0 Å². The van der Waals surface area contributed by atoms with Crippen LogP contribution in [0.4, 0.5) is 0 Å². The highest BCUT2D eigenvalue weighted by Crippen LogP contribution is 2.22. The molecule has 0 fully saturated rings. The van der Waals surface area contributed by atoms with Crippen molar-refractivity contribution in [3.63, 3.8) is 0 Å². The van der Waals surface area contributed by atoms with E-state index in [1.54, 1.807) is 25.1 Å². The molecular weight excluding hydrogens is 321 g/mol. The van der Waals surface area contributed by atoms with Crippen LogP contribution in [0.15, 0.2) is 22.7 Å². The number of amides is 1. The van der Waals surface area contributed by atoms with Gasteiger partial charge < -0.3 is 10.1 Å². The van der Waals surface area contributed by atoms with Gasteiger partial charge in [0.25, 0.3) is 5.91 Å². The first-order valence-electron chi connectivity index (χ1n) is 5.39. The van der Waals surface area contributed by atoms with Crippen LogP contribution in [0, 0.1) is 0 Å².